The van der Waals surface area contributed by atoms with Crippen LogP contribution in [0.2, 0.25) is 0 Å². The molecule has 0 radical (unpaired) electrons. The van der Waals surface area contributed by atoms with E-state index in [0.29, 0.717) is 26.4 Å². The van der Waals surface area contributed by atoms with Gasteiger partial charge in [-0.25, -0.2) is 0 Å². The minimum Gasteiger partial charge on any atom is -0.381 e. The lowest BCUT2D eigenvalue weighted by molar-refractivity contribution is -0.109. The minimum atomic E-state index is -0.274. The molecule has 0 saturated heterocycles. The number of hydrogen-bond acceptors (Lipinski definition) is 6. The summed E-state index contributed by atoms with van der Waals surface area (Å²) in [4.78, 5) is 4.84. The maximum Gasteiger partial charge on any atom is 0.0637 e. The molecular weight excluding hydrogens is 584 g/mol. The van der Waals surface area contributed by atoms with Crippen molar-refractivity contribution in [2.45, 2.75) is 170 Å². The summed E-state index contributed by atoms with van der Waals surface area (Å²) in [5.74, 6) is 0. The molecule has 0 aliphatic rings. The first-order chi connectivity index (χ1) is 23.1. The maximum absolute atomic E-state index is 6.41. The predicted molar refractivity (Wildman–Crippen MR) is 205 cm³/mol. The van der Waals surface area contributed by atoms with Crippen molar-refractivity contribution in [1.82, 2.24) is 9.80 Å². The fourth-order valence-corrected chi connectivity index (χ4v) is 6.25. The second-order valence-corrected chi connectivity index (χ2v) is 14.1. The molecular formula is C41H86N2O4. The van der Waals surface area contributed by atoms with E-state index in [-0.39, 0.29) is 5.41 Å². The van der Waals surface area contributed by atoms with Crippen LogP contribution in [-0.4, -0.2) is 102 Å². The molecule has 0 aliphatic heterocycles. The van der Waals surface area contributed by atoms with Crippen molar-refractivity contribution in [3.63, 3.8) is 0 Å². The van der Waals surface area contributed by atoms with Gasteiger partial charge in [0.15, 0.2) is 0 Å². The summed E-state index contributed by atoms with van der Waals surface area (Å²) in [5.41, 5.74) is -0.274. The molecule has 0 aliphatic carbocycles. The highest BCUT2D eigenvalue weighted by Crippen LogP contribution is 2.22. The highest BCUT2D eigenvalue weighted by molar-refractivity contribution is 4.80. The Balaban J connectivity index is 4.87. The van der Waals surface area contributed by atoms with Crippen molar-refractivity contribution in [3.8, 4) is 0 Å². The van der Waals surface area contributed by atoms with Crippen LogP contribution in [0.1, 0.15) is 170 Å². The van der Waals surface area contributed by atoms with Crippen LogP contribution < -0.4 is 0 Å². The number of nitrogens with zero attached hydrogens (tertiary/aromatic N) is 2. The van der Waals surface area contributed by atoms with Crippen molar-refractivity contribution < 1.29 is 18.9 Å². The van der Waals surface area contributed by atoms with Gasteiger partial charge in [-0.2, -0.15) is 0 Å². The zero-order valence-electron chi connectivity index (χ0n) is 33.1. The van der Waals surface area contributed by atoms with Crippen molar-refractivity contribution in [1.29, 1.82) is 0 Å². The largest absolute Gasteiger partial charge is 0.381 e. The van der Waals surface area contributed by atoms with E-state index in [9.17, 15) is 0 Å². The van der Waals surface area contributed by atoms with E-state index in [4.69, 9.17) is 18.9 Å². The molecule has 0 aromatic carbocycles. The van der Waals surface area contributed by atoms with Gasteiger partial charge in [-0.15, -0.1) is 0 Å². The van der Waals surface area contributed by atoms with Crippen LogP contribution in [0.4, 0.5) is 0 Å². The first-order valence-electron chi connectivity index (χ1n) is 20.9. The average Bonchev–Trinajstić information content (AvgIpc) is 3.09. The van der Waals surface area contributed by atoms with Crippen molar-refractivity contribution in [2.24, 2.45) is 5.41 Å². The van der Waals surface area contributed by atoms with Crippen molar-refractivity contribution in [2.75, 3.05) is 92.1 Å². The molecule has 0 unspecified atom stereocenters. The summed E-state index contributed by atoms with van der Waals surface area (Å²) in [6, 6.07) is 0. The molecule has 0 heterocycles. The van der Waals surface area contributed by atoms with Gasteiger partial charge in [0, 0.05) is 26.3 Å². The maximum atomic E-state index is 6.41. The molecule has 0 amide bonds. The Morgan fingerprint density at radius 3 is 0.851 bits per heavy atom. The zero-order valence-corrected chi connectivity index (χ0v) is 33.1. The number of likely N-dealkylation sites (N-methyl/N-ethyl adjacent to an activating group) is 2. The lowest BCUT2D eigenvalue weighted by atomic mass is 9.92. The molecule has 0 aromatic heterocycles. The molecule has 0 aromatic rings. The van der Waals surface area contributed by atoms with Gasteiger partial charge >= 0.3 is 0 Å². The van der Waals surface area contributed by atoms with Gasteiger partial charge < -0.3 is 28.7 Å². The molecule has 0 spiro atoms. The first kappa shape index (κ1) is 46.8. The Bertz CT molecular complexity index is 536. The second kappa shape index (κ2) is 37.0. The monoisotopic (exact) mass is 671 g/mol. The third-order valence-corrected chi connectivity index (χ3v) is 9.81. The van der Waals surface area contributed by atoms with E-state index in [0.717, 1.165) is 78.5 Å². The van der Waals surface area contributed by atoms with Crippen LogP contribution in [-0.2, 0) is 18.9 Å². The third-order valence-electron chi connectivity index (χ3n) is 9.81. The molecule has 0 rings (SSSR count). The highest BCUT2D eigenvalue weighted by atomic mass is 16.5. The number of unbranched alkanes of at least 4 members (excludes halogenated alkanes) is 18. The smallest absolute Gasteiger partial charge is 0.0637 e. The third kappa shape index (κ3) is 30.3. The predicted octanol–water partition coefficient (Wildman–Crippen LogP) is 10.6. The second-order valence-electron chi connectivity index (χ2n) is 14.1. The topological polar surface area (TPSA) is 43.4 Å². The first-order valence-corrected chi connectivity index (χ1v) is 20.9. The standard InChI is InChI=1S/C41H86N2O4/c1-7-13-15-17-19-21-23-25-27-29-33-44-37-41(39-46-35-31-42(9-3)10-4,40-47-36-32-43(11-5)12-6)38-45-34-30-28-26-24-22-20-18-16-14-8-2/h7-40H2,1-6H3. The summed E-state index contributed by atoms with van der Waals surface area (Å²) in [5, 5.41) is 0. The van der Waals surface area contributed by atoms with Gasteiger partial charge in [0.2, 0.25) is 0 Å². The van der Waals surface area contributed by atoms with E-state index in [2.05, 4.69) is 51.3 Å². The van der Waals surface area contributed by atoms with Crippen LogP contribution in [0.5, 0.6) is 0 Å². The summed E-state index contributed by atoms with van der Waals surface area (Å²) in [7, 11) is 0. The van der Waals surface area contributed by atoms with Crippen LogP contribution in [0.3, 0.4) is 0 Å². The lowest BCUT2D eigenvalue weighted by Gasteiger charge is -2.33. The molecule has 6 heteroatoms. The fraction of sp³-hybridized carbons (Fsp3) is 1.00. The van der Waals surface area contributed by atoms with Gasteiger partial charge in [-0.05, 0) is 39.0 Å². The van der Waals surface area contributed by atoms with Gasteiger partial charge in [-0.3, -0.25) is 0 Å². The summed E-state index contributed by atoms with van der Waals surface area (Å²) < 4.78 is 25.6. The van der Waals surface area contributed by atoms with E-state index >= 15 is 0 Å². The molecule has 6 nitrogen and oxygen atoms in total. The molecule has 0 atom stereocenters. The van der Waals surface area contributed by atoms with E-state index < -0.39 is 0 Å². The summed E-state index contributed by atoms with van der Waals surface area (Å²) >= 11 is 0. The molecule has 284 valence electrons. The fourth-order valence-electron chi connectivity index (χ4n) is 6.25. The normalized spacial score (nSPS) is 12.3. The van der Waals surface area contributed by atoms with E-state index in [1.165, 1.54) is 116 Å². The van der Waals surface area contributed by atoms with E-state index in [1.807, 2.05) is 0 Å². The summed E-state index contributed by atoms with van der Waals surface area (Å²) in [6.07, 6.45) is 26.9. The SMILES string of the molecule is CCCCCCCCCCCCOCC(COCCCCCCCCCCCC)(COCCN(CC)CC)COCCN(CC)CC. The average molecular weight is 671 g/mol. The van der Waals surface area contributed by atoms with Crippen molar-refractivity contribution >= 4 is 0 Å². The molecule has 47 heavy (non-hydrogen) atoms. The zero-order chi connectivity index (χ0) is 34.5. The van der Waals surface area contributed by atoms with Crippen LogP contribution in [0, 0.1) is 5.41 Å². The van der Waals surface area contributed by atoms with Crippen LogP contribution in [0.25, 0.3) is 0 Å². The van der Waals surface area contributed by atoms with Gasteiger partial charge in [0.1, 0.15) is 0 Å². The lowest BCUT2D eigenvalue weighted by Crippen LogP contribution is -2.43. The molecule has 0 bridgehead atoms. The Morgan fingerprint density at radius 1 is 0.319 bits per heavy atom. The molecule has 0 fully saturated rings. The van der Waals surface area contributed by atoms with Gasteiger partial charge in [0.25, 0.3) is 0 Å². The van der Waals surface area contributed by atoms with Crippen molar-refractivity contribution in [3.05, 3.63) is 0 Å². The highest BCUT2D eigenvalue weighted by Gasteiger charge is 2.32. The van der Waals surface area contributed by atoms with Gasteiger partial charge in [0.05, 0.1) is 45.1 Å². The van der Waals surface area contributed by atoms with E-state index in [1.54, 1.807) is 0 Å². The summed E-state index contributed by atoms with van der Waals surface area (Å²) in [6.45, 7) is 25.3. The molecule has 0 N–H and O–H groups in total. The Kier molecular flexibility index (Phi) is 36.8. The van der Waals surface area contributed by atoms with Crippen LogP contribution >= 0.6 is 0 Å². The number of hydrogen-bond donors (Lipinski definition) is 0. The Morgan fingerprint density at radius 2 is 0.574 bits per heavy atom. The van der Waals surface area contributed by atoms with Crippen LogP contribution in [0.15, 0.2) is 0 Å². The Labute approximate surface area is 295 Å². The number of rotatable bonds is 40. The number of ether oxygens (including phenoxy) is 4. The Hall–Kier alpha value is -0.240. The van der Waals surface area contributed by atoms with Gasteiger partial charge in [-0.1, -0.05) is 157 Å². The quantitative estimate of drug-likeness (QED) is 0.0605. The molecule has 0 saturated carbocycles. The minimum absolute atomic E-state index is 0.274.